The number of carbonyl (C=O) groups is 1. The zero-order valence-electron chi connectivity index (χ0n) is 11.8. The van der Waals surface area contributed by atoms with Gasteiger partial charge in [-0.25, -0.2) is 0 Å². The Kier molecular flexibility index (Phi) is 4.90. The van der Waals surface area contributed by atoms with Gasteiger partial charge in [-0.2, -0.15) is 0 Å². The van der Waals surface area contributed by atoms with Crippen LogP contribution in [0.2, 0.25) is 0 Å². The number of hydrogen-bond donors (Lipinski definition) is 5. The average molecular weight is 328 g/mol. The molecule has 0 spiro atoms. The Hall–Kier alpha value is -1.83. The predicted octanol–water partition coefficient (Wildman–Crippen LogP) is -0.0773. The number of nitrogens with one attached hydrogen (secondary N) is 2. The summed E-state index contributed by atoms with van der Waals surface area (Å²) in [5, 5.41) is 5.78. The molecule has 0 aliphatic rings. The molecule has 0 saturated heterocycles. The Labute approximate surface area is 126 Å². The van der Waals surface area contributed by atoms with Gasteiger partial charge in [0, 0.05) is 0 Å². The fourth-order valence-corrected chi connectivity index (χ4v) is 2.88. The molecule has 0 bridgehead atoms. The molecule has 5 N–H and O–H groups in total. The second kappa shape index (κ2) is 6.51. The van der Waals surface area contributed by atoms with Gasteiger partial charge >= 0.3 is 125 Å². The van der Waals surface area contributed by atoms with Crippen LogP contribution < -0.4 is 16.3 Å². The predicted molar refractivity (Wildman–Crippen MR) is 83.7 cm³/mol. The monoisotopic (exact) mass is 328 g/mol. The molecule has 1 aromatic carbocycles. The van der Waals surface area contributed by atoms with Gasteiger partial charge in [-0.05, 0) is 0 Å². The number of anilines is 1. The summed E-state index contributed by atoms with van der Waals surface area (Å²) in [6.07, 6.45) is -0.416. The molecule has 0 atom stereocenters. The Morgan fingerprint density at radius 1 is 1.27 bits per heavy atom. The first kappa shape index (κ1) is 16.5. The summed E-state index contributed by atoms with van der Waals surface area (Å²) in [6, 6.07) is 5.73. The summed E-state index contributed by atoms with van der Waals surface area (Å²) in [6.45, 7) is 0.135. The van der Waals surface area contributed by atoms with Crippen molar-refractivity contribution in [1.82, 2.24) is 5.32 Å². The molecular weight excluding hydrogens is 311 g/mol. The van der Waals surface area contributed by atoms with Gasteiger partial charge in [0.1, 0.15) is 0 Å². The summed E-state index contributed by atoms with van der Waals surface area (Å²) in [4.78, 5) is 50.7. The molecule has 2 rings (SSSR count). The zero-order chi connectivity index (χ0) is 16.3. The topological polar surface area (TPSA) is 132 Å². The van der Waals surface area contributed by atoms with Crippen molar-refractivity contribution >= 4 is 30.5 Å². The molecule has 0 unspecified atom stereocenters. The van der Waals surface area contributed by atoms with E-state index < -0.39 is 19.7 Å². The van der Waals surface area contributed by atoms with Gasteiger partial charge < -0.3 is 0 Å². The van der Waals surface area contributed by atoms with E-state index in [0.717, 1.165) is 6.07 Å². The second-order valence-electron chi connectivity index (χ2n) is 4.83. The molecule has 2 aromatic rings. The molecule has 0 aliphatic carbocycles. The number of carbonyl (C=O) groups excluding carboxylic acids is 1. The minimum atomic E-state index is -4.35. The van der Waals surface area contributed by atoms with Crippen LogP contribution in [0.4, 0.5) is 5.69 Å². The van der Waals surface area contributed by atoms with Crippen LogP contribution in [0.25, 0.3) is 11.0 Å². The van der Waals surface area contributed by atoms with Gasteiger partial charge in [-0.1, -0.05) is 0 Å². The standard InChI is InChI=1S/C13H17N2O6P/c1-14-6-12(16)15-9-2-3-10-8(7-22(18,19)20)4-13(17)21-11(10)5-9/h2-5,14,18-20,22H,6-7H2,1H3,(H,15,16). The van der Waals surface area contributed by atoms with Crippen molar-refractivity contribution in [3.05, 3.63) is 40.2 Å². The number of hydrogen-bond acceptors (Lipinski definition) is 7. The van der Waals surface area contributed by atoms with Gasteiger partial charge in [-0.3, -0.25) is 0 Å². The van der Waals surface area contributed by atoms with E-state index in [2.05, 4.69) is 10.6 Å². The Bertz CT molecular complexity index is 752. The van der Waals surface area contributed by atoms with Crippen molar-refractivity contribution in [1.29, 1.82) is 0 Å². The normalized spacial score (nSPS) is 12.4. The van der Waals surface area contributed by atoms with Crippen LogP contribution in [-0.2, 0) is 11.0 Å². The molecule has 120 valence electrons. The van der Waals surface area contributed by atoms with Crippen LogP contribution in [-0.4, -0.2) is 34.2 Å². The average Bonchev–Trinajstić information content (AvgIpc) is 2.36. The number of amides is 1. The van der Waals surface area contributed by atoms with Crippen molar-refractivity contribution in [3.8, 4) is 0 Å². The second-order valence-corrected chi connectivity index (χ2v) is 6.73. The van der Waals surface area contributed by atoms with Crippen LogP contribution >= 0.6 is 7.94 Å². The summed E-state index contributed by atoms with van der Waals surface area (Å²) in [5.74, 6) is -0.257. The van der Waals surface area contributed by atoms with Crippen molar-refractivity contribution < 1.29 is 23.9 Å². The SMILES string of the molecule is CNCC(=O)Nc1ccc2c(C[PH](O)(O)O)cc(=O)oc2c1. The summed E-state index contributed by atoms with van der Waals surface area (Å²) in [5.41, 5.74) is 0.217. The van der Waals surface area contributed by atoms with E-state index >= 15 is 0 Å². The van der Waals surface area contributed by atoms with Crippen molar-refractivity contribution in [2.45, 2.75) is 6.16 Å². The molecule has 9 heteroatoms. The third kappa shape index (κ3) is 4.33. The van der Waals surface area contributed by atoms with E-state index in [1.54, 1.807) is 19.2 Å². The van der Waals surface area contributed by atoms with Crippen molar-refractivity contribution in [2.24, 2.45) is 0 Å². The van der Waals surface area contributed by atoms with E-state index in [1.807, 2.05) is 0 Å². The van der Waals surface area contributed by atoms with E-state index in [4.69, 9.17) is 4.42 Å². The Morgan fingerprint density at radius 3 is 2.64 bits per heavy atom. The van der Waals surface area contributed by atoms with E-state index in [0.29, 0.717) is 11.1 Å². The van der Waals surface area contributed by atoms with E-state index in [-0.39, 0.29) is 23.6 Å². The summed E-state index contributed by atoms with van der Waals surface area (Å²) in [7, 11) is -2.71. The number of likely N-dealkylation sites (N-methyl/N-ethyl adjacent to an activating group) is 1. The quantitative estimate of drug-likeness (QED) is 0.383. The fourth-order valence-electron chi connectivity index (χ4n) is 2.08. The van der Waals surface area contributed by atoms with Crippen LogP contribution in [0.15, 0.2) is 33.5 Å². The van der Waals surface area contributed by atoms with Gasteiger partial charge in [0.25, 0.3) is 0 Å². The molecule has 8 nitrogen and oxygen atoms in total. The third-order valence-electron chi connectivity index (χ3n) is 2.88. The molecule has 0 saturated carbocycles. The fraction of sp³-hybridized carbons (Fsp3) is 0.231. The molecular formula is C13H17N2O6P. The summed E-state index contributed by atoms with van der Waals surface area (Å²) >= 11 is 0. The van der Waals surface area contributed by atoms with Crippen LogP contribution in [0.1, 0.15) is 5.56 Å². The molecule has 1 amide bonds. The number of fused-ring (bicyclic) bond motifs is 1. The molecule has 0 radical (unpaired) electrons. The Balaban J connectivity index is 2.41. The first-order valence-electron chi connectivity index (χ1n) is 6.47. The van der Waals surface area contributed by atoms with E-state index in [9.17, 15) is 24.3 Å². The molecule has 22 heavy (non-hydrogen) atoms. The van der Waals surface area contributed by atoms with Gasteiger partial charge in [0.2, 0.25) is 0 Å². The summed E-state index contributed by atoms with van der Waals surface area (Å²) < 4.78 is 5.05. The molecule has 1 heterocycles. The third-order valence-corrected chi connectivity index (χ3v) is 3.73. The van der Waals surface area contributed by atoms with Crippen LogP contribution in [0, 0.1) is 0 Å². The van der Waals surface area contributed by atoms with E-state index in [1.165, 1.54) is 6.07 Å². The van der Waals surface area contributed by atoms with Gasteiger partial charge in [0.15, 0.2) is 0 Å². The minimum absolute atomic E-state index is 0.135. The first-order chi connectivity index (χ1) is 10.3. The van der Waals surface area contributed by atoms with Crippen LogP contribution in [0.5, 0.6) is 0 Å². The number of rotatable bonds is 5. The molecule has 1 aromatic heterocycles. The maximum absolute atomic E-state index is 11.5. The maximum atomic E-state index is 11.5. The van der Waals surface area contributed by atoms with Gasteiger partial charge in [-0.15, -0.1) is 0 Å². The van der Waals surface area contributed by atoms with Crippen LogP contribution in [0.3, 0.4) is 0 Å². The molecule has 0 fully saturated rings. The molecule has 0 aliphatic heterocycles. The van der Waals surface area contributed by atoms with Gasteiger partial charge in [0.05, 0.1) is 0 Å². The first-order valence-corrected chi connectivity index (χ1v) is 8.52. The van der Waals surface area contributed by atoms with Crippen molar-refractivity contribution in [3.63, 3.8) is 0 Å². The zero-order valence-corrected chi connectivity index (χ0v) is 12.8. The Morgan fingerprint density at radius 2 is 2.00 bits per heavy atom. The van der Waals surface area contributed by atoms with Crippen molar-refractivity contribution in [2.75, 3.05) is 18.9 Å². The number of benzene rings is 1.